The Morgan fingerprint density at radius 3 is 2.39 bits per heavy atom. The summed E-state index contributed by atoms with van der Waals surface area (Å²) in [5.41, 5.74) is 2.17. The Kier molecular flexibility index (Phi) is 5.56. The molecular formula is C22H39N. The molecule has 0 aromatic heterocycles. The molecule has 1 nitrogen and oxygen atoms in total. The van der Waals surface area contributed by atoms with E-state index in [1.807, 2.05) is 0 Å². The minimum Gasteiger partial charge on any atom is -0.298 e. The van der Waals surface area contributed by atoms with Crippen molar-refractivity contribution in [3.63, 3.8) is 0 Å². The molecule has 0 aromatic carbocycles. The molecule has 0 aromatic rings. The van der Waals surface area contributed by atoms with Crippen molar-refractivity contribution in [3.8, 4) is 0 Å². The molecule has 0 bridgehead atoms. The summed E-state index contributed by atoms with van der Waals surface area (Å²) in [6.07, 6.45) is 15.4. The highest BCUT2D eigenvalue weighted by Gasteiger charge is 2.42. The van der Waals surface area contributed by atoms with E-state index in [2.05, 4.69) is 38.7 Å². The zero-order chi connectivity index (χ0) is 16.4. The van der Waals surface area contributed by atoms with Crippen molar-refractivity contribution in [2.45, 2.75) is 91.0 Å². The van der Waals surface area contributed by atoms with E-state index in [1.54, 1.807) is 5.57 Å². The van der Waals surface area contributed by atoms with E-state index in [9.17, 15) is 0 Å². The number of rotatable bonds is 6. The predicted molar refractivity (Wildman–Crippen MR) is 101 cm³/mol. The lowest BCUT2D eigenvalue weighted by Crippen LogP contribution is -2.44. The smallest absolute Gasteiger partial charge is 0.0156 e. The van der Waals surface area contributed by atoms with Gasteiger partial charge >= 0.3 is 0 Å². The Balaban J connectivity index is 1.47. The molecule has 3 aliphatic rings. The molecule has 2 aliphatic carbocycles. The van der Waals surface area contributed by atoms with Gasteiger partial charge in [-0.15, -0.1) is 0 Å². The van der Waals surface area contributed by atoms with Crippen LogP contribution in [0.1, 0.15) is 85.5 Å². The van der Waals surface area contributed by atoms with Crippen LogP contribution in [-0.4, -0.2) is 23.5 Å². The van der Waals surface area contributed by atoms with Crippen molar-refractivity contribution in [1.29, 1.82) is 0 Å². The van der Waals surface area contributed by atoms with Crippen LogP contribution in [0.4, 0.5) is 0 Å². The van der Waals surface area contributed by atoms with Gasteiger partial charge in [0.05, 0.1) is 0 Å². The van der Waals surface area contributed by atoms with E-state index < -0.39 is 0 Å². The molecule has 0 amide bonds. The lowest BCUT2D eigenvalue weighted by atomic mass is 9.79. The van der Waals surface area contributed by atoms with Crippen LogP contribution in [0.15, 0.2) is 11.6 Å². The van der Waals surface area contributed by atoms with Gasteiger partial charge in [0, 0.05) is 18.6 Å². The number of hydrogen-bond acceptors (Lipinski definition) is 1. The van der Waals surface area contributed by atoms with Gasteiger partial charge in [0.1, 0.15) is 0 Å². The Morgan fingerprint density at radius 1 is 1.13 bits per heavy atom. The SMILES string of the molecule is CC(C)CCC1=CCC(CC(C)(C)N2CC3CCCC3C2)CC1. The van der Waals surface area contributed by atoms with Crippen LogP contribution >= 0.6 is 0 Å². The van der Waals surface area contributed by atoms with Crippen molar-refractivity contribution in [2.24, 2.45) is 23.7 Å². The second kappa shape index (κ2) is 7.30. The average molecular weight is 318 g/mol. The van der Waals surface area contributed by atoms with E-state index >= 15 is 0 Å². The average Bonchev–Trinajstić information content (AvgIpc) is 3.07. The van der Waals surface area contributed by atoms with Crippen LogP contribution in [0.3, 0.4) is 0 Å². The molecule has 23 heavy (non-hydrogen) atoms. The highest BCUT2D eigenvalue weighted by molar-refractivity contribution is 5.07. The van der Waals surface area contributed by atoms with Crippen molar-refractivity contribution in [2.75, 3.05) is 13.1 Å². The third-order valence-electron chi connectivity index (χ3n) is 7.03. The van der Waals surface area contributed by atoms with Gasteiger partial charge in [0.15, 0.2) is 0 Å². The molecule has 3 atom stereocenters. The molecule has 0 spiro atoms. The van der Waals surface area contributed by atoms with Crippen molar-refractivity contribution < 1.29 is 0 Å². The molecule has 2 fully saturated rings. The summed E-state index contributed by atoms with van der Waals surface area (Å²) in [7, 11) is 0. The van der Waals surface area contributed by atoms with E-state index in [0.717, 1.165) is 23.7 Å². The molecule has 1 saturated heterocycles. The first kappa shape index (κ1) is 17.5. The van der Waals surface area contributed by atoms with Crippen molar-refractivity contribution >= 4 is 0 Å². The normalized spacial score (nSPS) is 32.4. The van der Waals surface area contributed by atoms with E-state index in [1.165, 1.54) is 70.9 Å². The van der Waals surface area contributed by atoms with Crippen LogP contribution in [0.2, 0.25) is 0 Å². The topological polar surface area (TPSA) is 3.24 Å². The van der Waals surface area contributed by atoms with Crippen LogP contribution in [0, 0.1) is 23.7 Å². The molecule has 0 N–H and O–H groups in total. The lowest BCUT2D eigenvalue weighted by molar-refractivity contribution is 0.109. The summed E-state index contributed by atoms with van der Waals surface area (Å²) >= 11 is 0. The molecule has 1 heteroatoms. The van der Waals surface area contributed by atoms with E-state index in [-0.39, 0.29) is 0 Å². The van der Waals surface area contributed by atoms with E-state index in [0.29, 0.717) is 5.54 Å². The highest BCUT2D eigenvalue weighted by atomic mass is 15.2. The fraction of sp³-hybridized carbons (Fsp3) is 0.909. The molecule has 1 saturated carbocycles. The zero-order valence-corrected chi connectivity index (χ0v) is 16.1. The van der Waals surface area contributed by atoms with Crippen LogP contribution in [-0.2, 0) is 0 Å². The van der Waals surface area contributed by atoms with Crippen LogP contribution in [0.25, 0.3) is 0 Å². The quantitative estimate of drug-likeness (QED) is 0.539. The van der Waals surface area contributed by atoms with Gasteiger partial charge < -0.3 is 0 Å². The Morgan fingerprint density at radius 2 is 1.83 bits per heavy atom. The van der Waals surface area contributed by atoms with E-state index in [4.69, 9.17) is 0 Å². The monoisotopic (exact) mass is 317 g/mol. The van der Waals surface area contributed by atoms with Gasteiger partial charge in [-0.25, -0.2) is 0 Å². The first-order valence-electron chi connectivity index (χ1n) is 10.4. The number of allylic oxidation sites excluding steroid dienone is 2. The summed E-state index contributed by atoms with van der Waals surface area (Å²) in [5.74, 6) is 3.83. The van der Waals surface area contributed by atoms with Crippen molar-refractivity contribution in [1.82, 2.24) is 4.90 Å². The second-order valence-electron chi connectivity index (χ2n) is 9.81. The Hall–Kier alpha value is -0.300. The summed E-state index contributed by atoms with van der Waals surface area (Å²) in [6, 6.07) is 0. The third kappa shape index (κ3) is 4.41. The molecule has 132 valence electrons. The maximum Gasteiger partial charge on any atom is 0.0156 e. The molecule has 1 heterocycles. The summed E-state index contributed by atoms with van der Waals surface area (Å²) in [6.45, 7) is 12.5. The summed E-state index contributed by atoms with van der Waals surface area (Å²) < 4.78 is 0. The Bertz CT molecular complexity index is 408. The van der Waals surface area contributed by atoms with Crippen LogP contribution < -0.4 is 0 Å². The number of likely N-dealkylation sites (tertiary alicyclic amines) is 1. The maximum atomic E-state index is 2.85. The minimum absolute atomic E-state index is 0.415. The first-order chi connectivity index (χ1) is 10.9. The van der Waals surface area contributed by atoms with Gasteiger partial charge in [-0.1, -0.05) is 31.9 Å². The first-order valence-corrected chi connectivity index (χ1v) is 10.4. The molecule has 1 aliphatic heterocycles. The van der Waals surface area contributed by atoms with Gasteiger partial charge in [0.2, 0.25) is 0 Å². The molecule has 3 rings (SSSR count). The van der Waals surface area contributed by atoms with Gasteiger partial charge in [-0.2, -0.15) is 0 Å². The standard InChI is InChI=1S/C22H39N/c1-17(2)8-9-18-10-12-19(13-11-18)14-22(3,4)23-15-20-6-5-7-21(20)16-23/h10,17,19-21H,5-9,11-16H2,1-4H3. The molecular weight excluding hydrogens is 278 g/mol. The van der Waals surface area contributed by atoms with Gasteiger partial charge in [0.25, 0.3) is 0 Å². The number of hydrogen-bond donors (Lipinski definition) is 0. The van der Waals surface area contributed by atoms with Crippen LogP contribution in [0.5, 0.6) is 0 Å². The molecule has 0 radical (unpaired) electrons. The van der Waals surface area contributed by atoms with Crippen molar-refractivity contribution in [3.05, 3.63) is 11.6 Å². The minimum atomic E-state index is 0.415. The fourth-order valence-electron chi connectivity index (χ4n) is 5.39. The lowest BCUT2D eigenvalue weighted by Gasteiger charge is -2.39. The number of nitrogens with zero attached hydrogens (tertiary/aromatic N) is 1. The number of fused-ring (bicyclic) bond motifs is 1. The summed E-state index contributed by atoms with van der Waals surface area (Å²) in [5, 5.41) is 0. The molecule has 3 unspecified atom stereocenters. The fourth-order valence-corrected chi connectivity index (χ4v) is 5.39. The highest BCUT2D eigenvalue weighted by Crippen LogP contribution is 2.42. The third-order valence-corrected chi connectivity index (χ3v) is 7.03. The zero-order valence-electron chi connectivity index (χ0n) is 16.1. The largest absolute Gasteiger partial charge is 0.298 e. The Labute approximate surface area is 144 Å². The van der Waals surface area contributed by atoms with Gasteiger partial charge in [-0.3, -0.25) is 4.90 Å². The second-order valence-corrected chi connectivity index (χ2v) is 9.81. The maximum absolute atomic E-state index is 2.85. The predicted octanol–water partition coefficient (Wildman–Crippen LogP) is 6.05. The summed E-state index contributed by atoms with van der Waals surface area (Å²) in [4.78, 5) is 2.85. The van der Waals surface area contributed by atoms with Gasteiger partial charge in [-0.05, 0) is 88.9 Å².